The molecule has 0 fully saturated rings. The van der Waals surface area contributed by atoms with Gasteiger partial charge in [0.2, 0.25) is 0 Å². The van der Waals surface area contributed by atoms with E-state index >= 15 is 0 Å². The number of benzene rings is 1. The van der Waals surface area contributed by atoms with E-state index in [0.717, 1.165) is 18.0 Å². The van der Waals surface area contributed by atoms with Crippen LogP contribution in [-0.4, -0.2) is 37.2 Å². The summed E-state index contributed by atoms with van der Waals surface area (Å²) in [4.78, 5) is 2.19. The van der Waals surface area contributed by atoms with Crippen molar-refractivity contribution in [2.75, 3.05) is 31.7 Å². The molecule has 4 nitrogen and oxygen atoms in total. The molecular formula is C15H27N3O. The first-order valence-electron chi connectivity index (χ1n) is 6.70. The van der Waals surface area contributed by atoms with Crippen molar-refractivity contribution in [1.82, 2.24) is 4.90 Å². The van der Waals surface area contributed by atoms with Crippen LogP contribution in [-0.2, 0) is 0 Å². The molecule has 0 saturated carbocycles. The Hall–Kier alpha value is -1.42. The van der Waals surface area contributed by atoms with Crippen molar-refractivity contribution in [3.63, 3.8) is 0 Å². The first kappa shape index (κ1) is 15.6. The molecular weight excluding hydrogens is 238 g/mol. The molecule has 0 radical (unpaired) electrons. The monoisotopic (exact) mass is 265 g/mol. The summed E-state index contributed by atoms with van der Waals surface area (Å²) in [7, 11) is 4.15. The summed E-state index contributed by atoms with van der Waals surface area (Å²) >= 11 is 0. The normalized spacial score (nSPS) is 12.0. The van der Waals surface area contributed by atoms with Gasteiger partial charge < -0.3 is 20.7 Å². The molecule has 0 amide bonds. The van der Waals surface area contributed by atoms with Crippen LogP contribution in [0, 0.1) is 0 Å². The Morgan fingerprint density at radius 1 is 1.32 bits per heavy atom. The lowest BCUT2D eigenvalue weighted by Crippen LogP contribution is -2.44. The van der Waals surface area contributed by atoms with Gasteiger partial charge in [0.15, 0.2) is 0 Å². The first-order chi connectivity index (χ1) is 8.74. The van der Waals surface area contributed by atoms with Gasteiger partial charge in [-0.3, -0.25) is 0 Å². The molecule has 0 aromatic heterocycles. The SMILES string of the molecule is CC(C)Oc1cccc(NCC(C)(C)N(C)C)c1N. The van der Waals surface area contributed by atoms with Gasteiger partial charge in [-0.2, -0.15) is 0 Å². The molecule has 0 heterocycles. The van der Waals surface area contributed by atoms with Crippen LogP contribution in [0.5, 0.6) is 5.75 Å². The quantitative estimate of drug-likeness (QED) is 0.777. The van der Waals surface area contributed by atoms with Crippen molar-refractivity contribution in [2.24, 2.45) is 0 Å². The molecule has 0 spiro atoms. The predicted octanol–water partition coefficient (Wildman–Crippen LogP) is 2.81. The molecule has 1 aromatic rings. The second-order valence-corrected chi connectivity index (χ2v) is 5.94. The van der Waals surface area contributed by atoms with Gasteiger partial charge in [0.25, 0.3) is 0 Å². The van der Waals surface area contributed by atoms with E-state index in [2.05, 4.69) is 38.2 Å². The van der Waals surface area contributed by atoms with Crippen LogP contribution in [0.25, 0.3) is 0 Å². The largest absolute Gasteiger partial charge is 0.489 e. The molecule has 1 aromatic carbocycles. The maximum absolute atomic E-state index is 6.14. The van der Waals surface area contributed by atoms with Crippen molar-refractivity contribution < 1.29 is 4.74 Å². The number of hydrogen-bond acceptors (Lipinski definition) is 4. The van der Waals surface area contributed by atoms with Gasteiger partial charge in [-0.15, -0.1) is 0 Å². The summed E-state index contributed by atoms with van der Waals surface area (Å²) in [6.45, 7) is 9.17. The molecule has 19 heavy (non-hydrogen) atoms. The minimum absolute atomic E-state index is 0.0569. The van der Waals surface area contributed by atoms with Crippen LogP contribution in [0.3, 0.4) is 0 Å². The number of anilines is 2. The molecule has 1 rings (SSSR count). The lowest BCUT2D eigenvalue weighted by Gasteiger charge is -2.33. The fourth-order valence-corrected chi connectivity index (χ4v) is 1.52. The van der Waals surface area contributed by atoms with Gasteiger partial charge in [-0.05, 0) is 53.9 Å². The third kappa shape index (κ3) is 4.31. The number of nitrogen functional groups attached to an aromatic ring is 1. The summed E-state index contributed by atoms with van der Waals surface area (Å²) < 4.78 is 5.69. The molecule has 0 saturated heterocycles. The molecule has 0 bridgehead atoms. The molecule has 0 aliphatic rings. The van der Waals surface area contributed by atoms with Crippen molar-refractivity contribution in [2.45, 2.75) is 39.3 Å². The predicted molar refractivity (Wildman–Crippen MR) is 82.9 cm³/mol. The third-order valence-electron chi connectivity index (χ3n) is 3.35. The minimum atomic E-state index is 0.0569. The van der Waals surface area contributed by atoms with Crippen LogP contribution >= 0.6 is 0 Å². The Morgan fingerprint density at radius 3 is 2.47 bits per heavy atom. The minimum Gasteiger partial charge on any atom is -0.489 e. The topological polar surface area (TPSA) is 50.5 Å². The van der Waals surface area contributed by atoms with E-state index in [0.29, 0.717) is 5.69 Å². The maximum Gasteiger partial charge on any atom is 0.144 e. The number of para-hydroxylation sites is 1. The Balaban J connectivity index is 2.80. The molecule has 0 atom stereocenters. The van der Waals surface area contributed by atoms with Crippen LogP contribution in [0.2, 0.25) is 0 Å². The van der Waals surface area contributed by atoms with E-state index in [1.54, 1.807) is 0 Å². The standard InChI is InChI=1S/C15H27N3O/c1-11(2)19-13-9-7-8-12(14(13)16)17-10-15(3,4)18(5)6/h7-9,11,17H,10,16H2,1-6H3. The van der Waals surface area contributed by atoms with E-state index in [9.17, 15) is 0 Å². The number of rotatable bonds is 6. The van der Waals surface area contributed by atoms with Gasteiger partial charge in [0.05, 0.1) is 17.5 Å². The average Bonchev–Trinajstić information content (AvgIpc) is 2.29. The highest BCUT2D eigenvalue weighted by molar-refractivity contribution is 5.73. The highest BCUT2D eigenvalue weighted by atomic mass is 16.5. The second kappa shape index (κ2) is 6.15. The third-order valence-corrected chi connectivity index (χ3v) is 3.35. The lowest BCUT2D eigenvalue weighted by molar-refractivity contribution is 0.210. The van der Waals surface area contributed by atoms with Gasteiger partial charge in [-0.25, -0.2) is 0 Å². The van der Waals surface area contributed by atoms with Crippen LogP contribution < -0.4 is 15.8 Å². The number of likely N-dealkylation sites (N-methyl/N-ethyl adjacent to an activating group) is 1. The Labute approximate surface area is 116 Å². The van der Waals surface area contributed by atoms with Crippen LogP contribution in [0.4, 0.5) is 11.4 Å². The fourth-order valence-electron chi connectivity index (χ4n) is 1.52. The number of ether oxygens (including phenoxy) is 1. The van der Waals surface area contributed by atoms with Gasteiger partial charge in [0, 0.05) is 12.1 Å². The number of hydrogen-bond donors (Lipinski definition) is 2. The van der Waals surface area contributed by atoms with Crippen molar-refractivity contribution in [1.29, 1.82) is 0 Å². The van der Waals surface area contributed by atoms with E-state index in [1.165, 1.54) is 0 Å². The summed E-state index contributed by atoms with van der Waals surface area (Å²) in [6.07, 6.45) is 0.121. The summed E-state index contributed by atoms with van der Waals surface area (Å²) in [5, 5.41) is 3.40. The summed E-state index contributed by atoms with van der Waals surface area (Å²) in [6, 6.07) is 5.84. The maximum atomic E-state index is 6.14. The van der Waals surface area contributed by atoms with Gasteiger partial charge >= 0.3 is 0 Å². The number of nitrogens with zero attached hydrogens (tertiary/aromatic N) is 1. The van der Waals surface area contributed by atoms with Crippen molar-refractivity contribution in [3.05, 3.63) is 18.2 Å². The van der Waals surface area contributed by atoms with Crippen molar-refractivity contribution >= 4 is 11.4 Å². The van der Waals surface area contributed by atoms with Crippen molar-refractivity contribution in [3.8, 4) is 5.75 Å². The molecule has 108 valence electrons. The zero-order valence-electron chi connectivity index (χ0n) is 12.9. The number of nitrogens with two attached hydrogens (primary N) is 1. The Bertz CT molecular complexity index is 414. The van der Waals surface area contributed by atoms with E-state index < -0.39 is 0 Å². The highest BCUT2D eigenvalue weighted by Crippen LogP contribution is 2.30. The fraction of sp³-hybridized carbons (Fsp3) is 0.600. The zero-order chi connectivity index (χ0) is 14.6. The van der Waals surface area contributed by atoms with Gasteiger partial charge in [-0.1, -0.05) is 6.07 Å². The Kier molecular flexibility index (Phi) is 5.06. The van der Waals surface area contributed by atoms with E-state index in [4.69, 9.17) is 10.5 Å². The highest BCUT2D eigenvalue weighted by Gasteiger charge is 2.20. The zero-order valence-corrected chi connectivity index (χ0v) is 12.9. The lowest BCUT2D eigenvalue weighted by atomic mass is 10.0. The summed E-state index contributed by atoms with van der Waals surface area (Å²) in [5.41, 5.74) is 7.79. The number of nitrogens with one attached hydrogen (secondary N) is 1. The van der Waals surface area contributed by atoms with Crippen LogP contribution in [0.15, 0.2) is 18.2 Å². The first-order valence-corrected chi connectivity index (χ1v) is 6.70. The average molecular weight is 265 g/mol. The molecule has 4 heteroatoms. The second-order valence-electron chi connectivity index (χ2n) is 5.94. The van der Waals surface area contributed by atoms with Crippen LogP contribution in [0.1, 0.15) is 27.7 Å². The molecule has 0 unspecified atom stereocenters. The molecule has 0 aliphatic heterocycles. The van der Waals surface area contributed by atoms with E-state index in [-0.39, 0.29) is 11.6 Å². The smallest absolute Gasteiger partial charge is 0.144 e. The Morgan fingerprint density at radius 2 is 1.95 bits per heavy atom. The summed E-state index contributed by atoms with van der Waals surface area (Å²) in [5.74, 6) is 0.739. The van der Waals surface area contributed by atoms with E-state index in [1.807, 2.05) is 32.0 Å². The van der Waals surface area contributed by atoms with Gasteiger partial charge in [0.1, 0.15) is 5.75 Å². The molecule has 0 aliphatic carbocycles. The molecule has 3 N–H and O–H groups in total.